The van der Waals surface area contributed by atoms with Crippen LogP contribution in [0.2, 0.25) is 0 Å². The molecule has 0 aliphatic heterocycles. The van der Waals surface area contributed by atoms with Crippen LogP contribution >= 0.6 is 0 Å². The fourth-order valence-electron chi connectivity index (χ4n) is 9.12. The van der Waals surface area contributed by atoms with Gasteiger partial charge in [-0.1, -0.05) is 127 Å². The molecule has 13 rings (SSSR count). The third kappa shape index (κ3) is 4.77. The first-order valence-corrected chi connectivity index (χ1v) is 19.8. The minimum absolute atomic E-state index is 0.520. The van der Waals surface area contributed by atoms with E-state index in [0.717, 1.165) is 82.5 Å². The first-order valence-electron chi connectivity index (χ1n) is 19.8. The number of rotatable bonds is 4. The molecule has 0 fully saturated rings. The molecule has 0 saturated carbocycles. The molecule has 13 aromatic rings. The molecule has 59 heavy (non-hydrogen) atoms. The second-order valence-corrected chi connectivity index (χ2v) is 15.1. The molecule has 0 radical (unpaired) electrons. The fraction of sp³-hybridized carbons (Fsp3) is 0. The van der Waals surface area contributed by atoms with Gasteiger partial charge >= 0.3 is 0 Å². The van der Waals surface area contributed by atoms with Gasteiger partial charge in [0.25, 0.3) is 0 Å². The smallest absolute Gasteiger partial charge is 0.167 e. The fourth-order valence-corrected chi connectivity index (χ4v) is 9.12. The van der Waals surface area contributed by atoms with E-state index < -0.39 is 0 Å². The van der Waals surface area contributed by atoms with E-state index in [9.17, 15) is 0 Å². The number of hydrogen-bond acceptors (Lipinski definition) is 5. The van der Waals surface area contributed by atoms with Crippen LogP contribution < -0.4 is 0 Å². The van der Waals surface area contributed by atoms with Gasteiger partial charge in [0, 0.05) is 38.1 Å². The average Bonchev–Trinajstić information content (AvgIpc) is 3.97. The van der Waals surface area contributed by atoms with Gasteiger partial charge in [-0.25, -0.2) is 15.0 Å². The molecule has 0 aliphatic carbocycles. The number of aromatic nitrogens is 4. The Hall–Kier alpha value is -8.09. The quantitative estimate of drug-likeness (QED) is 0.179. The Bertz CT molecular complexity index is 3870. The third-order valence-corrected chi connectivity index (χ3v) is 11.8. The van der Waals surface area contributed by atoms with Crippen molar-refractivity contribution in [3.05, 3.63) is 182 Å². The van der Waals surface area contributed by atoms with E-state index in [0.29, 0.717) is 23.1 Å². The lowest BCUT2D eigenvalue weighted by atomic mass is 10.0. The largest absolute Gasteiger partial charge is 0.456 e. The summed E-state index contributed by atoms with van der Waals surface area (Å²) in [7, 11) is 0. The van der Waals surface area contributed by atoms with Crippen molar-refractivity contribution >= 4 is 87.2 Å². The summed E-state index contributed by atoms with van der Waals surface area (Å²) in [4.78, 5) is 15.8. The molecule has 0 saturated heterocycles. The van der Waals surface area contributed by atoms with E-state index in [-0.39, 0.29) is 0 Å². The van der Waals surface area contributed by atoms with E-state index in [2.05, 4.69) is 144 Å². The number of hydrogen-bond donors (Lipinski definition) is 0. The van der Waals surface area contributed by atoms with Crippen molar-refractivity contribution in [2.75, 3.05) is 0 Å². The summed E-state index contributed by atoms with van der Waals surface area (Å²) >= 11 is 0. The number of benzene rings is 9. The molecular weight excluding hydrogens is 725 g/mol. The highest BCUT2D eigenvalue weighted by atomic mass is 16.3. The normalized spacial score (nSPS) is 12.1. The number of para-hydroxylation sites is 3. The molecule has 274 valence electrons. The van der Waals surface area contributed by atoms with Crippen LogP contribution in [-0.4, -0.2) is 19.5 Å². The molecule has 4 aromatic heterocycles. The molecule has 6 heteroatoms. The number of nitrogens with zero attached hydrogens (tertiary/aromatic N) is 4. The van der Waals surface area contributed by atoms with Crippen LogP contribution in [0.25, 0.3) is 127 Å². The highest BCUT2D eigenvalue weighted by Crippen LogP contribution is 2.44. The van der Waals surface area contributed by atoms with Crippen LogP contribution in [0.15, 0.2) is 191 Å². The molecule has 0 bridgehead atoms. The highest BCUT2D eigenvalue weighted by molar-refractivity contribution is 6.18. The van der Waals surface area contributed by atoms with Gasteiger partial charge in [0.1, 0.15) is 22.3 Å². The zero-order valence-electron chi connectivity index (χ0n) is 31.4. The second-order valence-electron chi connectivity index (χ2n) is 15.1. The van der Waals surface area contributed by atoms with Gasteiger partial charge in [-0.2, -0.15) is 0 Å². The molecule has 4 heterocycles. The first-order chi connectivity index (χ1) is 29.2. The molecular formula is C53H30N4O2. The molecule has 0 spiro atoms. The first kappa shape index (κ1) is 32.0. The SMILES string of the molecule is c1ccc2cc(-c3nc(-c4ccc(-n5c6ccccc6c6cc7ccccc7cc65)c5c4oc4ccccc45)nc(-c4cccc5oc6ccccc6c45)n3)ccc2c1. The van der Waals surface area contributed by atoms with Crippen molar-refractivity contribution in [3.8, 4) is 39.9 Å². The maximum atomic E-state index is 6.91. The maximum absolute atomic E-state index is 6.91. The predicted molar refractivity (Wildman–Crippen MR) is 240 cm³/mol. The van der Waals surface area contributed by atoms with Crippen molar-refractivity contribution in [2.24, 2.45) is 0 Å². The Morgan fingerprint density at radius 2 is 0.966 bits per heavy atom. The molecule has 0 amide bonds. The van der Waals surface area contributed by atoms with Crippen LogP contribution in [0, 0.1) is 0 Å². The molecule has 0 unspecified atom stereocenters. The Morgan fingerprint density at radius 3 is 1.78 bits per heavy atom. The summed E-state index contributed by atoms with van der Waals surface area (Å²) in [5.41, 5.74) is 8.92. The van der Waals surface area contributed by atoms with Crippen LogP contribution in [-0.2, 0) is 0 Å². The van der Waals surface area contributed by atoms with Crippen LogP contribution in [0.3, 0.4) is 0 Å². The topological polar surface area (TPSA) is 69.9 Å². The lowest BCUT2D eigenvalue weighted by molar-refractivity contribution is 0.668. The molecule has 0 N–H and O–H groups in total. The Kier molecular flexibility index (Phi) is 6.63. The van der Waals surface area contributed by atoms with Crippen molar-refractivity contribution in [2.45, 2.75) is 0 Å². The van der Waals surface area contributed by atoms with Gasteiger partial charge in [-0.3, -0.25) is 0 Å². The predicted octanol–water partition coefficient (Wildman–Crippen LogP) is 14.1. The minimum Gasteiger partial charge on any atom is -0.456 e. The zero-order valence-corrected chi connectivity index (χ0v) is 31.4. The maximum Gasteiger partial charge on any atom is 0.167 e. The number of fused-ring (bicyclic) bond motifs is 11. The van der Waals surface area contributed by atoms with Crippen LogP contribution in [0.1, 0.15) is 0 Å². The van der Waals surface area contributed by atoms with E-state index in [1.807, 2.05) is 42.5 Å². The van der Waals surface area contributed by atoms with Gasteiger partial charge in [-0.05, 0) is 76.1 Å². The summed E-state index contributed by atoms with van der Waals surface area (Å²) in [6.07, 6.45) is 0. The van der Waals surface area contributed by atoms with Gasteiger partial charge in [0.05, 0.1) is 27.7 Å². The monoisotopic (exact) mass is 754 g/mol. The number of furan rings is 2. The Morgan fingerprint density at radius 1 is 0.356 bits per heavy atom. The average molecular weight is 755 g/mol. The van der Waals surface area contributed by atoms with Crippen molar-refractivity contribution in [1.29, 1.82) is 0 Å². The van der Waals surface area contributed by atoms with E-state index in [1.54, 1.807) is 0 Å². The van der Waals surface area contributed by atoms with Gasteiger partial charge in [0.2, 0.25) is 0 Å². The van der Waals surface area contributed by atoms with Gasteiger partial charge in [-0.15, -0.1) is 0 Å². The van der Waals surface area contributed by atoms with Crippen LogP contribution in [0.5, 0.6) is 0 Å². The zero-order chi connectivity index (χ0) is 38.6. The molecule has 0 atom stereocenters. The summed E-state index contributed by atoms with van der Waals surface area (Å²) in [5, 5.41) is 11.0. The standard InChI is InChI=1S/C53H30N4O2/c1-2-13-32-28-35(25-24-31(32)12-1)51-54-52(39-19-11-23-47-48(39)37-17-6-9-21-45(37)58-47)56-53(55-51)40-26-27-43(49-38-18-7-10-22-46(38)59-50(40)49)57-42-20-8-5-16-36(42)41-29-33-14-3-4-15-34(33)30-44(41)57/h1-30H. The highest BCUT2D eigenvalue weighted by Gasteiger charge is 2.24. The van der Waals surface area contributed by atoms with Gasteiger partial charge in [0.15, 0.2) is 17.5 Å². The van der Waals surface area contributed by atoms with Crippen molar-refractivity contribution in [1.82, 2.24) is 19.5 Å². The van der Waals surface area contributed by atoms with Crippen molar-refractivity contribution in [3.63, 3.8) is 0 Å². The summed E-state index contributed by atoms with van der Waals surface area (Å²) in [6, 6.07) is 63.3. The van der Waals surface area contributed by atoms with Crippen molar-refractivity contribution < 1.29 is 8.83 Å². The van der Waals surface area contributed by atoms with E-state index in [1.165, 1.54) is 21.5 Å². The van der Waals surface area contributed by atoms with E-state index >= 15 is 0 Å². The third-order valence-electron chi connectivity index (χ3n) is 11.8. The minimum atomic E-state index is 0.520. The van der Waals surface area contributed by atoms with Gasteiger partial charge < -0.3 is 13.4 Å². The molecule has 6 nitrogen and oxygen atoms in total. The van der Waals surface area contributed by atoms with E-state index in [4.69, 9.17) is 23.8 Å². The Balaban J connectivity index is 1.11. The lowest BCUT2D eigenvalue weighted by Crippen LogP contribution is -2.01. The Labute approximate surface area is 336 Å². The second kappa shape index (κ2) is 12.2. The summed E-state index contributed by atoms with van der Waals surface area (Å²) in [5.74, 6) is 1.65. The summed E-state index contributed by atoms with van der Waals surface area (Å²) in [6.45, 7) is 0. The molecule has 9 aromatic carbocycles. The lowest BCUT2D eigenvalue weighted by Gasteiger charge is -2.13. The summed E-state index contributed by atoms with van der Waals surface area (Å²) < 4.78 is 15.6. The van der Waals surface area contributed by atoms with Crippen LogP contribution in [0.4, 0.5) is 0 Å². The molecule has 0 aliphatic rings.